The average Bonchev–Trinajstić information content (AvgIpc) is 2.74. The standard InChI is InChI=1S/C8H12O3/c9-6-3-1-2-5(6)8(10)7-4-11-7/h5-7,9H,1-4H2. The summed E-state index contributed by atoms with van der Waals surface area (Å²) in [6.45, 7) is 0.571. The predicted octanol–water partition coefficient (Wildman–Crippen LogP) is 0.115. The van der Waals surface area contributed by atoms with Gasteiger partial charge in [-0.05, 0) is 12.8 Å². The van der Waals surface area contributed by atoms with Crippen molar-refractivity contribution in [2.24, 2.45) is 5.92 Å². The topological polar surface area (TPSA) is 49.8 Å². The predicted molar refractivity (Wildman–Crippen MR) is 38.1 cm³/mol. The van der Waals surface area contributed by atoms with Gasteiger partial charge in [0, 0.05) is 5.92 Å². The molecule has 3 heteroatoms. The lowest BCUT2D eigenvalue weighted by Crippen LogP contribution is -2.26. The van der Waals surface area contributed by atoms with Crippen LogP contribution in [0.4, 0.5) is 0 Å². The van der Waals surface area contributed by atoms with Gasteiger partial charge in [-0.15, -0.1) is 0 Å². The Labute approximate surface area is 65.4 Å². The summed E-state index contributed by atoms with van der Waals surface area (Å²) in [5.74, 6) is -0.00231. The number of ether oxygens (including phenoxy) is 1. The van der Waals surface area contributed by atoms with E-state index in [4.69, 9.17) is 4.74 Å². The Morgan fingerprint density at radius 3 is 2.64 bits per heavy atom. The highest BCUT2D eigenvalue weighted by Crippen LogP contribution is 2.30. The Balaban J connectivity index is 1.96. The van der Waals surface area contributed by atoms with Crippen LogP contribution in [0.5, 0.6) is 0 Å². The zero-order valence-electron chi connectivity index (χ0n) is 6.32. The molecular formula is C8H12O3. The first-order chi connectivity index (χ1) is 5.29. The quantitative estimate of drug-likeness (QED) is 0.577. The first-order valence-electron chi connectivity index (χ1n) is 4.12. The second kappa shape index (κ2) is 2.57. The van der Waals surface area contributed by atoms with E-state index in [0.29, 0.717) is 6.61 Å². The highest BCUT2D eigenvalue weighted by atomic mass is 16.6. The van der Waals surface area contributed by atoms with Gasteiger partial charge < -0.3 is 9.84 Å². The van der Waals surface area contributed by atoms with Crippen molar-refractivity contribution in [3.63, 3.8) is 0 Å². The number of rotatable bonds is 2. The van der Waals surface area contributed by atoms with Gasteiger partial charge in [0.05, 0.1) is 12.7 Å². The van der Waals surface area contributed by atoms with E-state index >= 15 is 0 Å². The number of aliphatic hydroxyl groups excluding tert-OH is 1. The van der Waals surface area contributed by atoms with Gasteiger partial charge in [-0.1, -0.05) is 6.42 Å². The third kappa shape index (κ3) is 1.30. The Bertz CT molecular complexity index is 174. The highest BCUT2D eigenvalue weighted by molar-refractivity contribution is 5.88. The Hall–Kier alpha value is -0.410. The number of Topliss-reactive ketones (excluding diaryl/α,β-unsaturated/α-hetero) is 1. The summed E-state index contributed by atoms with van der Waals surface area (Å²) in [5, 5.41) is 9.36. The second-order valence-corrected chi connectivity index (χ2v) is 3.33. The van der Waals surface area contributed by atoms with Crippen LogP contribution in [-0.4, -0.2) is 29.7 Å². The highest BCUT2D eigenvalue weighted by Gasteiger charge is 2.41. The summed E-state index contributed by atoms with van der Waals surface area (Å²) in [5.41, 5.74) is 0. The molecule has 62 valence electrons. The van der Waals surface area contributed by atoms with Crippen LogP contribution in [0.1, 0.15) is 19.3 Å². The molecule has 1 aliphatic heterocycles. The second-order valence-electron chi connectivity index (χ2n) is 3.33. The molecule has 0 spiro atoms. The fourth-order valence-corrected chi connectivity index (χ4v) is 1.72. The van der Waals surface area contributed by atoms with Crippen LogP contribution in [0.3, 0.4) is 0 Å². The van der Waals surface area contributed by atoms with Gasteiger partial charge in [-0.25, -0.2) is 0 Å². The van der Waals surface area contributed by atoms with Crippen LogP contribution < -0.4 is 0 Å². The zero-order valence-corrected chi connectivity index (χ0v) is 6.32. The van der Waals surface area contributed by atoms with Crippen molar-refractivity contribution in [3.8, 4) is 0 Å². The summed E-state index contributed by atoms with van der Waals surface area (Å²) in [6, 6.07) is 0. The van der Waals surface area contributed by atoms with E-state index in [2.05, 4.69) is 0 Å². The largest absolute Gasteiger partial charge is 0.392 e. The van der Waals surface area contributed by atoms with Gasteiger partial charge in [0.2, 0.25) is 0 Å². The monoisotopic (exact) mass is 156 g/mol. The van der Waals surface area contributed by atoms with E-state index in [9.17, 15) is 9.90 Å². The molecule has 0 aromatic carbocycles. The smallest absolute Gasteiger partial charge is 0.169 e. The molecule has 0 amide bonds. The van der Waals surface area contributed by atoms with Gasteiger partial charge in [0.25, 0.3) is 0 Å². The average molecular weight is 156 g/mol. The van der Waals surface area contributed by atoms with Crippen molar-refractivity contribution in [2.75, 3.05) is 6.61 Å². The number of ketones is 1. The molecule has 0 aromatic heterocycles. The van der Waals surface area contributed by atoms with Crippen molar-refractivity contribution in [1.29, 1.82) is 0 Å². The van der Waals surface area contributed by atoms with Gasteiger partial charge in [0.15, 0.2) is 5.78 Å². The first-order valence-corrected chi connectivity index (χ1v) is 4.12. The molecule has 2 rings (SSSR count). The third-order valence-electron chi connectivity index (χ3n) is 2.50. The summed E-state index contributed by atoms with van der Waals surface area (Å²) in [6.07, 6.45) is 2.03. The molecule has 3 atom stereocenters. The molecule has 1 N–H and O–H groups in total. The molecule has 1 aliphatic carbocycles. The fraction of sp³-hybridized carbons (Fsp3) is 0.875. The molecule has 11 heavy (non-hydrogen) atoms. The van der Waals surface area contributed by atoms with Crippen molar-refractivity contribution in [2.45, 2.75) is 31.5 Å². The fourth-order valence-electron chi connectivity index (χ4n) is 1.72. The summed E-state index contributed by atoms with van der Waals surface area (Å²) in [4.78, 5) is 11.3. The van der Waals surface area contributed by atoms with Crippen LogP contribution in [0, 0.1) is 5.92 Å². The number of hydrogen-bond acceptors (Lipinski definition) is 3. The lowest BCUT2D eigenvalue weighted by molar-refractivity contribution is -0.126. The summed E-state index contributed by atoms with van der Waals surface area (Å²) < 4.78 is 4.87. The van der Waals surface area contributed by atoms with E-state index in [1.807, 2.05) is 0 Å². The molecule has 2 fully saturated rings. The number of aliphatic hydroxyl groups is 1. The minimum atomic E-state index is -0.397. The van der Waals surface area contributed by atoms with Crippen LogP contribution in [0.25, 0.3) is 0 Å². The Kier molecular flexibility index (Phi) is 1.69. The van der Waals surface area contributed by atoms with E-state index in [1.54, 1.807) is 0 Å². The van der Waals surface area contributed by atoms with E-state index < -0.39 is 6.10 Å². The van der Waals surface area contributed by atoms with Gasteiger partial charge in [-0.3, -0.25) is 4.79 Å². The van der Waals surface area contributed by atoms with E-state index in [-0.39, 0.29) is 17.8 Å². The van der Waals surface area contributed by atoms with Gasteiger partial charge in [0.1, 0.15) is 6.10 Å². The maximum absolute atomic E-state index is 11.3. The van der Waals surface area contributed by atoms with Crippen molar-refractivity contribution in [1.82, 2.24) is 0 Å². The van der Waals surface area contributed by atoms with Crippen molar-refractivity contribution >= 4 is 5.78 Å². The minimum Gasteiger partial charge on any atom is -0.392 e. The molecule has 3 nitrogen and oxygen atoms in total. The maximum atomic E-state index is 11.3. The third-order valence-corrected chi connectivity index (χ3v) is 2.50. The zero-order chi connectivity index (χ0) is 7.84. The molecule has 1 heterocycles. The van der Waals surface area contributed by atoms with Crippen molar-refractivity contribution < 1.29 is 14.6 Å². The summed E-state index contributed by atoms with van der Waals surface area (Å²) in [7, 11) is 0. The molecule has 1 saturated carbocycles. The number of carbonyl (C=O) groups is 1. The molecule has 3 unspecified atom stereocenters. The Morgan fingerprint density at radius 2 is 2.18 bits per heavy atom. The molecular weight excluding hydrogens is 144 g/mol. The molecule has 2 aliphatic rings. The number of carbonyl (C=O) groups excluding carboxylic acids is 1. The van der Waals surface area contributed by atoms with Crippen LogP contribution in [0.15, 0.2) is 0 Å². The van der Waals surface area contributed by atoms with Crippen molar-refractivity contribution in [3.05, 3.63) is 0 Å². The number of hydrogen-bond donors (Lipinski definition) is 1. The summed E-state index contributed by atoms with van der Waals surface area (Å²) >= 11 is 0. The normalized spacial score (nSPS) is 42.5. The van der Waals surface area contributed by atoms with E-state index in [0.717, 1.165) is 19.3 Å². The molecule has 0 aromatic rings. The molecule has 1 saturated heterocycles. The van der Waals surface area contributed by atoms with Crippen LogP contribution >= 0.6 is 0 Å². The number of epoxide rings is 1. The minimum absolute atomic E-state index is 0.120. The van der Waals surface area contributed by atoms with E-state index in [1.165, 1.54) is 0 Å². The van der Waals surface area contributed by atoms with Crippen LogP contribution in [-0.2, 0) is 9.53 Å². The van der Waals surface area contributed by atoms with Gasteiger partial charge >= 0.3 is 0 Å². The van der Waals surface area contributed by atoms with Gasteiger partial charge in [-0.2, -0.15) is 0 Å². The lowest BCUT2D eigenvalue weighted by atomic mass is 9.98. The molecule has 0 radical (unpaired) electrons. The van der Waals surface area contributed by atoms with Crippen LogP contribution in [0.2, 0.25) is 0 Å². The lowest BCUT2D eigenvalue weighted by Gasteiger charge is -2.10. The Morgan fingerprint density at radius 1 is 1.45 bits per heavy atom. The maximum Gasteiger partial charge on any atom is 0.169 e. The SMILES string of the molecule is O=C(C1CO1)C1CCCC1O. The molecule has 0 bridgehead atoms. The first kappa shape index (κ1) is 7.25.